The second-order valence-electron chi connectivity index (χ2n) is 7.42. The molecule has 1 aliphatic carbocycles. The Kier molecular flexibility index (Phi) is 4.04. The molecule has 0 amide bonds. The number of nitrogens with zero attached hydrogens (tertiary/aromatic N) is 2. The average Bonchev–Trinajstić information content (AvgIpc) is 3.03. The first-order chi connectivity index (χ1) is 11.1. The highest BCUT2D eigenvalue weighted by molar-refractivity contribution is 5.52. The highest BCUT2D eigenvalue weighted by Crippen LogP contribution is 2.32. The van der Waals surface area contributed by atoms with Crippen LogP contribution in [-0.2, 0) is 12.8 Å². The minimum Gasteiger partial charge on any atom is -0.371 e. The molecule has 0 radical (unpaired) electrons. The van der Waals surface area contributed by atoms with Crippen LogP contribution in [0.3, 0.4) is 0 Å². The van der Waals surface area contributed by atoms with E-state index in [1.165, 1.54) is 36.1 Å². The number of hydrogen-bond acceptors (Lipinski definition) is 2. The number of halogens is 2. The van der Waals surface area contributed by atoms with Gasteiger partial charge in [-0.05, 0) is 55.4 Å². The lowest BCUT2D eigenvalue weighted by atomic mass is 9.98. The van der Waals surface area contributed by atoms with Crippen LogP contribution in [0.2, 0.25) is 0 Å². The summed E-state index contributed by atoms with van der Waals surface area (Å²) in [4.78, 5) is 4.78. The molecule has 2 aliphatic heterocycles. The predicted molar refractivity (Wildman–Crippen MR) is 89.5 cm³/mol. The van der Waals surface area contributed by atoms with E-state index in [-0.39, 0.29) is 12.8 Å². The van der Waals surface area contributed by atoms with Crippen molar-refractivity contribution in [1.29, 1.82) is 0 Å². The van der Waals surface area contributed by atoms with Gasteiger partial charge in [0.15, 0.2) is 0 Å². The fourth-order valence-electron chi connectivity index (χ4n) is 4.46. The summed E-state index contributed by atoms with van der Waals surface area (Å²) in [6.07, 6.45) is 6.03. The molecule has 1 aromatic rings. The second kappa shape index (κ2) is 6.04. The van der Waals surface area contributed by atoms with Crippen LogP contribution in [0, 0.1) is 0 Å². The van der Waals surface area contributed by atoms with Gasteiger partial charge in [-0.15, -0.1) is 0 Å². The second-order valence-corrected chi connectivity index (χ2v) is 7.42. The maximum absolute atomic E-state index is 13.3. The van der Waals surface area contributed by atoms with Crippen LogP contribution in [0.15, 0.2) is 18.2 Å². The van der Waals surface area contributed by atoms with E-state index in [0.29, 0.717) is 19.1 Å². The van der Waals surface area contributed by atoms with E-state index in [0.717, 1.165) is 25.9 Å². The van der Waals surface area contributed by atoms with E-state index in [4.69, 9.17) is 0 Å². The Morgan fingerprint density at radius 3 is 2.35 bits per heavy atom. The molecule has 0 atom stereocenters. The van der Waals surface area contributed by atoms with E-state index < -0.39 is 5.92 Å². The van der Waals surface area contributed by atoms with E-state index >= 15 is 0 Å². The maximum Gasteiger partial charge on any atom is 0.250 e. The van der Waals surface area contributed by atoms with Crippen LogP contribution in [0.5, 0.6) is 0 Å². The molecule has 0 N–H and O–H groups in total. The van der Waals surface area contributed by atoms with Gasteiger partial charge in [-0.25, -0.2) is 8.78 Å². The fraction of sp³-hybridized carbons (Fsp3) is 0.684. The molecular formula is C19H26F2N2. The van der Waals surface area contributed by atoms with Gasteiger partial charge in [0, 0.05) is 50.7 Å². The summed E-state index contributed by atoms with van der Waals surface area (Å²) in [5.74, 6) is -2.43. The number of hydrogen-bond donors (Lipinski definition) is 0. The van der Waals surface area contributed by atoms with Gasteiger partial charge >= 0.3 is 0 Å². The third-order valence-electron chi connectivity index (χ3n) is 5.96. The van der Waals surface area contributed by atoms with E-state index in [9.17, 15) is 8.78 Å². The first-order valence-corrected chi connectivity index (χ1v) is 9.09. The van der Waals surface area contributed by atoms with Gasteiger partial charge in [0.1, 0.15) is 0 Å². The summed E-state index contributed by atoms with van der Waals surface area (Å²) in [7, 11) is 0. The largest absolute Gasteiger partial charge is 0.371 e. The molecule has 0 unspecified atom stereocenters. The van der Waals surface area contributed by atoms with Crippen LogP contribution in [0.4, 0.5) is 14.5 Å². The summed E-state index contributed by atoms with van der Waals surface area (Å²) in [5, 5.41) is 0. The van der Waals surface area contributed by atoms with Crippen molar-refractivity contribution in [2.75, 3.05) is 31.1 Å². The van der Waals surface area contributed by atoms with Gasteiger partial charge in [-0.2, -0.15) is 0 Å². The summed E-state index contributed by atoms with van der Waals surface area (Å²) >= 11 is 0. The molecule has 2 nitrogen and oxygen atoms in total. The Bertz CT molecular complexity index is 554. The zero-order valence-corrected chi connectivity index (χ0v) is 13.7. The van der Waals surface area contributed by atoms with Gasteiger partial charge in [0.05, 0.1) is 0 Å². The molecular weight excluding hydrogens is 294 g/mol. The summed E-state index contributed by atoms with van der Waals surface area (Å²) in [5.41, 5.74) is 4.41. The highest BCUT2D eigenvalue weighted by atomic mass is 19.3. The van der Waals surface area contributed by atoms with Crippen molar-refractivity contribution in [3.63, 3.8) is 0 Å². The van der Waals surface area contributed by atoms with Crippen molar-refractivity contribution in [2.24, 2.45) is 0 Å². The zero-order valence-electron chi connectivity index (χ0n) is 13.7. The van der Waals surface area contributed by atoms with Crippen LogP contribution >= 0.6 is 0 Å². The lowest BCUT2D eigenvalue weighted by Crippen LogP contribution is -2.49. The molecule has 2 fully saturated rings. The predicted octanol–water partition coefficient (Wildman–Crippen LogP) is 3.88. The number of alkyl halides is 2. The molecule has 2 heterocycles. The highest BCUT2D eigenvalue weighted by Gasteiger charge is 2.36. The quantitative estimate of drug-likeness (QED) is 0.816. The summed E-state index contributed by atoms with van der Waals surface area (Å²) in [6, 6.07) is 7.45. The monoisotopic (exact) mass is 320 g/mol. The van der Waals surface area contributed by atoms with Crippen LogP contribution in [-0.4, -0.2) is 43.0 Å². The number of benzene rings is 1. The van der Waals surface area contributed by atoms with Gasteiger partial charge < -0.3 is 4.90 Å². The minimum atomic E-state index is -2.43. The van der Waals surface area contributed by atoms with E-state index in [2.05, 4.69) is 28.0 Å². The Hall–Kier alpha value is -1.16. The van der Waals surface area contributed by atoms with Gasteiger partial charge in [-0.3, -0.25) is 4.90 Å². The number of rotatable bonds is 2. The Labute approximate surface area is 137 Å². The molecule has 126 valence electrons. The van der Waals surface area contributed by atoms with Crippen molar-refractivity contribution in [2.45, 2.75) is 56.9 Å². The third-order valence-corrected chi connectivity index (χ3v) is 5.96. The summed E-state index contributed by atoms with van der Waals surface area (Å²) < 4.78 is 26.6. The standard InChI is InChI=1S/C19H26F2N2/c20-19(21)8-12-23(13-9-19)17-6-10-22(11-7-17)18-5-4-15-2-1-3-16(15)14-18/h4-5,14,17H,1-3,6-13H2. The molecule has 23 heavy (non-hydrogen) atoms. The topological polar surface area (TPSA) is 6.48 Å². The zero-order chi connectivity index (χ0) is 15.9. The Morgan fingerprint density at radius 2 is 1.61 bits per heavy atom. The Morgan fingerprint density at radius 1 is 0.913 bits per heavy atom. The number of likely N-dealkylation sites (tertiary alicyclic amines) is 1. The van der Waals surface area contributed by atoms with Crippen molar-refractivity contribution < 1.29 is 8.78 Å². The normalized spacial score (nSPS) is 25.6. The van der Waals surface area contributed by atoms with Gasteiger partial charge in [0.25, 0.3) is 5.92 Å². The molecule has 1 aromatic carbocycles. The number of anilines is 1. The van der Waals surface area contributed by atoms with Crippen molar-refractivity contribution in [3.8, 4) is 0 Å². The summed E-state index contributed by atoms with van der Waals surface area (Å²) in [6.45, 7) is 3.24. The average molecular weight is 320 g/mol. The lowest BCUT2D eigenvalue weighted by Gasteiger charge is -2.42. The smallest absolute Gasteiger partial charge is 0.250 e. The first kappa shape index (κ1) is 15.4. The van der Waals surface area contributed by atoms with Gasteiger partial charge in [0.2, 0.25) is 0 Å². The number of fused-ring (bicyclic) bond motifs is 1. The van der Waals surface area contributed by atoms with Crippen molar-refractivity contribution in [1.82, 2.24) is 4.90 Å². The maximum atomic E-state index is 13.3. The van der Waals surface area contributed by atoms with E-state index in [1.807, 2.05) is 0 Å². The van der Waals surface area contributed by atoms with Crippen molar-refractivity contribution in [3.05, 3.63) is 29.3 Å². The lowest BCUT2D eigenvalue weighted by molar-refractivity contribution is -0.0646. The van der Waals surface area contributed by atoms with Gasteiger partial charge in [-0.1, -0.05) is 6.07 Å². The van der Waals surface area contributed by atoms with E-state index in [1.54, 1.807) is 0 Å². The molecule has 0 saturated carbocycles. The number of piperidine rings is 2. The molecule has 4 heteroatoms. The molecule has 0 aromatic heterocycles. The SMILES string of the molecule is FC1(F)CCN(C2CCN(c3ccc4c(c3)CCC4)CC2)CC1. The molecule has 3 aliphatic rings. The molecule has 2 saturated heterocycles. The van der Waals surface area contributed by atoms with Crippen LogP contribution in [0.25, 0.3) is 0 Å². The minimum absolute atomic E-state index is 0.0397. The van der Waals surface area contributed by atoms with Crippen LogP contribution < -0.4 is 4.90 Å². The fourth-order valence-corrected chi connectivity index (χ4v) is 4.46. The molecule has 0 spiro atoms. The molecule has 4 rings (SSSR count). The Balaban J connectivity index is 1.34. The number of aryl methyl sites for hydroxylation is 2. The van der Waals surface area contributed by atoms with Crippen molar-refractivity contribution >= 4 is 5.69 Å². The molecule has 0 bridgehead atoms. The third kappa shape index (κ3) is 3.23. The first-order valence-electron chi connectivity index (χ1n) is 9.09. The van der Waals surface area contributed by atoms with Crippen LogP contribution in [0.1, 0.15) is 43.2 Å².